The van der Waals surface area contributed by atoms with E-state index in [1.54, 1.807) is 0 Å². The summed E-state index contributed by atoms with van der Waals surface area (Å²) in [4.78, 5) is 0. The van der Waals surface area contributed by atoms with Crippen LogP contribution in [0.2, 0.25) is 0 Å². The topological polar surface area (TPSA) is 12.0 Å². The first-order valence-corrected chi connectivity index (χ1v) is 6.35. The minimum atomic E-state index is -4.66. The molecule has 1 rings (SSSR count). The van der Waals surface area contributed by atoms with E-state index in [1.165, 1.54) is 6.07 Å². The monoisotopic (exact) mass is 277 g/mol. The Morgan fingerprint density at radius 2 is 1.84 bits per heavy atom. The molecule has 1 atom stereocenters. The van der Waals surface area contributed by atoms with E-state index in [0.717, 1.165) is 12.1 Å². The molecule has 0 spiro atoms. The fourth-order valence-corrected chi connectivity index (χ4v) is 2.03. The second-order valence-electron chi connectivity index (χ2n) is 4.98. The van der Waals surface area contributed by atoms with Crippen LogP contribution in [-0.2, 0) is 6.18 Å². The quantitative estimate of drug-likeness (QED) is 0.779. The molecule has 19 heavy (non-hydrogen) atoms. The summed E-state index contributed by atoms with van der Waals surface area (Å²) in [5.41, 5.74) is -0.721. The fourth-order valence-electron chi connectivity index (χ4n) is 2.03. The summed E-state index contributed by atoms with van der Waals surface area (Å²) in [7, 11) is 0. The molecule has 0 heterocycles. The second-order valence-corrected chi connectivity index (χ2v) is 4.98. The Balaban J connectivity index is 3.10. The highest BCUT2D eigenvalue weighted by atomic mass is 19.4. The first-order chi connectivity index (χ1) is 8.75. The summed E-state index contributed by atoms with van der Waals surface area (Å²) < 4.78 is 51.3. The highest BCUT2D eigenvalue weighted by Gasteiger charge is 2.34. The third-order valence-corrected chi connectivity index (χ3v) is 2.86. The van der Waals surface area contributed by atoms with Gasteiger partial charge in [0.1, 0.15) is 5.82 Å². The maximum absolute atomic E-state index is 13.2. The number of alkyl halides is 3. The van der Waals surface area contributed by atoms with Gasteiger partial charge in [0, 0.05) is 6.04 Å². The van der Waals surface area contributed by atoms with Crippen molar-refractivity contribution in [2.45, 2.75) is 39.4 Å². The zero-order valence-corrected chi connectivity index (χ0v) is 11.3. The van der Waals surface area contributed by atoms with Crippen LogP contribution in [0.3, 0.4) is 0 Å². The van der Waals surface area contributed by atoms with Gasteiger partial charge < -0.3 is 5.32 Å². The molecule has 1 unspecified atom stereocenters. The van der Waals surface area contributed by atoms with Gasteiger partial charge in [0.05, 0.1) is 5.56 Å². The van der Waals surface area contributed by atoms with E-state index < -0.39 is 17.6 Å². The average Bonchev–Trinajstić information content (AvgIpc) is 2.27. The number of hydrogen-bond acceptors (Lipinski definition) is 1. The molecule has 0 fully saturated rings. The molecule has 0 aliphatic carbocycles. The summed E-state index contributed by atoms with van der Waals surface area (Å²) in [6.45, 7) is 6.54. The Hall–Kier alpha value is -1.10. The molecule has 0 aliphatic heterocycles. The second kappa shape index (κ2) is 6.37. The summed E-state index contributed by atoms with van der Waals surface area (Å²) in [6.07, 6.45) is -3.95. The zero-order valence-electron chi connectivity index (χ0n) is 11.3. The smallest absolute Gasteiger partial charge is 0.310 e. The number of rotatable bonds is 5. The molecular formula is C14H19F4N. The molecule has 0 radical (unpaired) electrons. The van der Waals surface area contributed by atoms with Gasteiger partial charge in [-0.3, -0.25) is 0 Å². The van der Waals surface area contributed by atoms with Gasteiger partial charge in [-0.05, 0) is 36.6 Å². The summed E-state index contributed by atoms with van der Waals surface area (Å²) in [6, 6.07) is 3.03. The molecule has 1 N–H and O–H groups in total. The summed E-state index contributed by atoms with van der Waals surface area (Å²) in [5.74, 6) is -0.889. The van der Waals surface area contributed by atoms with Gasteiger partial charge in [-0.25, -0.2) is 4.39 Å². The normalized spacial score (nSPS) is 13.9. The molecule has 1 nitrogen and oxygen atoms in total. The van der Waals surface area contributed by atoms with Crippen LogP contribution < -0.4 is 5.32 Å². The van der Waals surface area contributed by atoms with Crippen LogP contribution in [0, 0.1) is 11.7 Å². The molecule has 1 aromatic carbocycles. The van der Waals surface area contributed by atoms with Crippen molar-refractivity contribution in [3.05, 3.63) is 35.1 Å². The largest absolute Gasteiger partial charge is 0.419 e. The van der Waals surface area contributed by atoms with E-state index in [2.05, 4.69) is 5.32 Å². The van der Waals surface area contributed by atoms with Gasteiger partial charge in [0.25, 0.3) is 0 Å². The number of nitrogens with one attached hydrogen (secondary N) is 1. The van der Waals surface area contributed by atoms with E-state index in [-0.39, 0.29) is 6.04 Å². The molecule has 0 bridgehead atoms. The summed E-state index contributed by atoms with van der Waals surface area (Å²) in [5, 5.41) is 3.14. The first kappa shape index (κ1) is 16.0. The van der Waals surface area contributed by atoms with Gasteiger partial charge in [-0.15, -0.1) is 0 Å². The lowest BCUT2D eigenvalue weighted by Crippen LogP contribution is -2.23. The average molecular weight is 277 g/mol. The Labute approximate surface area is 111 Å². The number of benzene rings is 1. The van der Waals surface area contributed by atoms with Crippen LogP contribution >= 0.6 is 0 Å². The predicted octanol–water partition coefficient (Wildman–Crippen LogP) is 4.54. The van der Waals surface area contributed by atoms with E-state index in [4.69, 9.17) is 0 Å². The first-order valence-electron chi connectivity index (χ1n) is 6.35. The molecule has 0 saturated heterocycles. The minimum absolute atomic E-state index is 0.188. The Morgan fingerprint density at radius 1 is 1.21 bits per heavy atom. The van der Waals surface area contributed by atoms with Gasteiger partial charge in [0.15, 0.2) is 0 Å². The van der Waals surface area contributed by atoms with Crippen LogP contribution in [0.15, 0.2) is 18.2 Å². The van der Waals surface area contributed by atoms with Crippen molar-refractivity contribution in [2.24, 2.45) is 5.92 Å². The molecule has 0 amide bonds. The third-order valence-electron chi connectivity index (χ3n) is 2.86. The molecule has 0 aliphatic rings. The van der Waals surface area contributed by atoms with Crippen molar-refractivity contribution in [3.8, 4) is 0 Å². The molecule has 5 heteroatoms. The van der Waals surface area contributed by atoms with Gasteiger partial charge in [0.2, 0.25) is 0 Å². The van der Waals surface area contributed by atoms with Crippen molar-refractivity contribution in [2.75, 3.05) is 6.54 Å². The van der Waals surface area contributed by atoms with Crippen LogP contribution in [0.25, 0.3) is 0 Å². The Bertz CT molecular complexity index is 412. The predicted molar refractivity (Wildman–Crippen MR) is 67.3 cm³/mol. The van der Waals surface area contributed by atoms with E-state index in [1.807, 2.05) is 20.8 Å². The minimum Gasteiger partial charge on any atom is -0.310 e. The third kappa shape index (κ3) is 4.49. The van der Waals surface area contributed by atoms with Crippen molar-refractivity contribution >= 4 is 0 Å². The summed E-state index contributed by atoms with van der Waals surface area (Å²) >= 11 is 0. The van der Waals surface area contributed by atoms with E-state index in [9.17, 15) is 17.6 Å². The standard InChI is InChI=1S/C14H19F4N/c1-4-19-13(7-9(2)3)10-5-6-12(15)11(8-10)14(16,17)18/h5-6,8-9,13,19H,4,7H2,1-3H3. The van der Waals surface area contributed by atoms with Crippen molar-refractivity contribution in [3.63, 3.8) is 0 Å². The fraction of sp³-hybridized carbons (Fsp3) is 0.571. The Morgan fingerprint density at radius 3 is 2.32 bits per heavy atom. The molecule has 108 valence electrons. The van der Waals surface area contributed by atoms with Crippen LogP contribution in [0.1, 0.15) is 44.4 Å². The maximum Gasteiger partial charge on any atom is 0.419 e. The van der Waals surface area contributed by atoms with Gasteiger partial charge in [-0.1, -0.05) is 26.8 Å². The molecule has 0 saturated carbocycles. The number of halogens is 4. The zero-order chi connectivity index (χ0) is 14.6. The number of hydrogen-bond donors (Lipinski definition) is 1. The molecular weight excluding hydrogens is 258 g/mol. The van der Waals surface area contributed by atoms with Gasteiger partial charge in [-0.2, -0.15) is 13.2 Å². The van der Waals surface area contributed by atoms with Crippen LogP contribution in [0.5, 0.6) is 0 Å². The van der Waals surface area contributed by atoms with Crippen LogP contribution in [0.4, 0.5) is 17.6 Å². The lowest BCUT2D eigenvalue weighted by atomic mass is 9.95. The lowest BCUT2D eigenvalue weighted by Gasteiger charge is -2.21. The van der Waals surface area contributed by atoms with E-state index >= 15 is 0 Å². The Kier molecular flexibility index (Phi) is 5.35. The SMILES string of the molecule is CCNC(CC(C)C)c1ccc(F)c(C(F)(F)F)c1. The van der Waals surface area contributed by atoms with Crippen molar-refractivity contribution < 1.29 is 17.6 Å². The van der Waals surface area contributed by atoms with Gasteiger partial charge >= 0.3 is 6.18 Å². The molecule has 1 aromatic rings. The highest BCUT2D eigenvalue weighted by molar-refractivity contribution is 5.29. The van der Waals surface area contributed by atoms with Crippen LogP contribution in [-0.4, -0.2) is 6.54 Å². The van der Waals surface area contributed by atoms with E-state index in [0.29, 0.717) is 24.4 Å². The van der Waals surface area contributed by atoms with Crippen molar-refractivity contribution in [1.82, 2.24) is 5.32 Å². The maximum atomic E-state index is 13.2. The molecule has 0 aromatic heterocycles. The highest BCUT2D eigenvalue weighted by Crippen LogP contribution is 2.33. The lowest BCUT2D eigenvalue weighted by molar-refractivity contribution is -0.140. The van der Waals surface area contributed by atoms with Crippen molar-refractivity contribution in [1.29, 1.82) is 0 Å².